The van der Waals surface area contributed by atoms with Crippen molar-refractivity contribution in [2.45, 2.75) is 49.2 Å². The molecular formula is C16H21FN2O3S. The van der Waals surface area contributed by atoms with E-state index < -0.39 is 21.6 Å². The monoisotopic (exact) mass is 340 g/mol. The van der Waals surface area contributed by atoms with E-state index in [1.165, 1.54) is 18.9 Å². The van der Waals surface area contributed by atoms with E-state index in [1.807, 2.05) is 0 Å². The summed E-state index contributed by atoms with van der Waals surface area (Å²) in [4.78, 5) is 14.7. The van der Waals surface area contributed by atoms with Gasteiger partial charge in [-0.2, -0.15) is 0 Å². The highest BCUT2D eigenvalue weighted by Crippen LogP contribution is 2.33. The number of benzene rings is 1. The topological polar surface area (TPSA) is 66.5 Å². The van der Waals surface area contributed by atoms with Crippen LogP contribution in [0.15, 0.2) is 23.1 Å². The quantitative estimate of drug-likeness (QED) is 0.845. The molecule has 1 amide bonds. The Kier molecular flexibility index (Phi) is 4.18. The van der Waals surface area contributed by atoms with Crippen molar-refractivity contribution in [3.63, 3.8) is 0 Å². The van der Waals surface area contributed by atoms with E-state index in [0.717, 1.165) is 31.4 Å². The Bertz CT molecular complexity index is 731. The fourth-order valence-electron chi connectivity index (χ4n) is 3.25. The van der Waals surface area contributed by atoms with Crippen LogP contribution in [0.2, 0.25) is 0 Å². The van der Waals surface area contributed by atoms with Gasteiger partial charge in [-0.3, -0.25) is 9.69 Å². The highest BCUT2D eigenvalue weighted by Gasteiger charge is 2.39. The maximum absolute atomic E-state index is 13.9. The van der Waals surface area contributed by atoms with Gasteiger partial charge in [-0.1, -0.05) is 0 Å². The van der Waals surface area contributed by atoms with Gasteiger partial charge in [-0.15, -0.1) is 0 Å². The van der Waals surface area contributed by atoms with Crippen molar-refractivity contribution in [1.82, 2.24) is 10.2 Å². The molecule has 5 nitrogen and oxygen atoms in total. The van der Waals surface area contributed by atoms with Gasteiger partial charge in [0.2, 0.25) is 0 Å². The van der Waals surface area contributed by atoms with Crippen molar-refractivity contribution < 1.29 is 17.6 Å². The average molecular weight is 340 g/mol. The van der Waals surface area contributed by atoms with Crippen LogP contribution in [0.3, 0.4) is 0 Å². The number of hydrogen-bond acceptors (Lipinski definition) is 4. The van der Waals surface area contributed by atoms with Gasteiger partial charge >= 0.3 is 0 Å². The normalized spacial score (nSPS) is 25.5. The third kappa shape index (κ3) is 3.55. The summed E-state index contributed by atoms with van der Waals surface area (Å²) in [5, 5.41) is 2.84. The molecule has 0 bridgehead atoms. The number of hydrogen-bond donors (Lipinski definition) is 1. The molecule has 2 atom stereocenters. The maximum atomic E-state index is 13.9. The summed E-state index contributed by atoms with van der Waals surface area (Å²) >= 11 is 0. The molecule has 3 rings (SSSR count). The van der Waals surface area contributed by atoms with Gasteiger partial charge in [0.25, 0.3) is 5.91 Å². The number of carbonyl (C=O) groups excluding carboxylic acids is 1. The summed E-state index contributed by atoms with van der Waals surface area (Å²) in [6.45, 7) is 2.90. The first-order chi connectivity index (χ1) is 10.8. The summed E-state index contributed by atoms with van der Waals surface area (Å²) in [6, 6.07) is 4.31. The number of nitrogens with zero attached hydrogens (tertiary/aromatic N) is 1. The number of halogens is 1. The lowest BCUT2D eigenvalue weighted by Crippen LogP contribution is -2.38. The number of rotatable bonds is 4. The second-order valence-electron chi connectivity index (χ2n) is 6.60. The summed E-state index contributed by atoms with van der Waals surface area (Å²) in [5.74, 6) is -1.26. The summed E-state index contributed by atoms with van der Waals surface area (Å²) in [5.41, 5.74) is -0.217. The van der Waals surface area contributed by atoms with Gasteiger partial charge in [-0.05, 0) is 44.4 Å². The van der Waals surface area contributed by atoms with Crippen LogP contribution in [-0.2, 0) is 9.84 Å². The predicted octanol–water partition coefficient (Wildman–Crippen LogP) is 1.58. The summed E-state index contributed by atoms with van der Waals surface area (Å²) in [7, 11) is -3.48. The van der Waals surface area contributed by atoms with E-state index in [9.17, 15) is 17.6 Å². The minimum absolute atomic E-state index is 0.0283. The Hall–Kier alpha value is -1.47. The molecule has 0 radical (unpaired) electrons. The molecule has 1 saturated heterocycles. The number of carbonyl (C=O) groups is 1. The van der Waals surface area contributed by atoms with E-state index in [0.29, 0.717) is 12.1 Å². The molecule has 126 valence electrons. The Labute approximate surface area is 135 Å². The molecule has 1 aliphatic carbocycles. The first-order valence-corrected chi connectivity index (χ1v) is 9.71. The predicted molar refractivity (Wildman–Crippen MR) is 84.6 cm³/mol. The number of sulfone groups is 1. The molecule has 0 spiro atoms. The number of likely N-dealkylation sites (tertiary alicyclic amines) is 1. The fraction of sp³-hybridized carbons (Fsp3) is 0.562. The Morgan fingerprint density at radius 3 is 2.65 bits per heavy atom. The summed E-state index contributed by atoms with van der Waals surface area (Å²) in [6.07, 6.45) is 4.27. The molecular weight excluding hydrogens is 319 g/mol. The Morgan fingerprint density at radius 1 is 1.35 bits per heavy atom. The minimum Gasteiger partial charge on any atom is -0.348 e. The van der Waals surface area contributed by atoms with E-state index in [1.54, 1.807) is 0 Å². The number of amides is 1. The van der Waals surface area contributed by atoms with Crippen LogP contribution in [0, 0.1) is 5.82 Å². The second-order valence-corrected chi connectivity index (χ2v) is 8.61. The molecule has 0 aromatic heterocycles. The van der Waals surface area contributed by atoms with Crippen LogP contribution in [-0.4, -0.2) is 50.2 Å². The maximum Gasteiger partial charge on any atom is 0.254 e. The first kappa shape index (κ1) is 16.4. The molecule has 23 heavy (non-hydrogen) atoms. The molecule has 1 saturated carbocycles. The molecule has 1 aromatic carbocycles. The van der Waals surface area contributed by atoms with E-state index in [-0.39, 0.29) is 16.5 Å². The lowest BCUT2D eigenvalue weighted by atomic mass is 10.1. The standard InChI is InChI=1S/C16H21FN2O3S/c1-10-7-11(9-19(10)12-3-4-12)18-16(20)14-8-13(23(2,21)22)5-6-15(14)17/h5-6,8,10-12H,3-4,7,9H2,1-2H3,(H,18,20)/t10-,11-/m1/s1. The Balaban J connectivity index is 1.73. The smallest absolute Gasteiger partial charge is 0.254 e. The van der Waals surface area contributed by atoms with Crippen LogP contribution in [0.5, 0.6) is 0 Å². The van der Waals surface area contributed by atoms with E-state index >= 15 is 0 Å². The average Bonchev–Trinajstić information content (AvgIpc) is 3.22. The lowest BCUT2D eigenvalue weighted by molar-refractivity contribution is 0.0933. The second kappa shape index (κ2) is 5.87. The van der Waals surface area contributed by atoms with Gasteiger partial charge in [0, 0.05) is 30.9 Å². The molecule has 2 fully saturated rings. The molecule has 1 aliphatic heterocycles. The lowest BCUT2D eigenvalue weighted by Gasteiger charge is -2.19. The van der Waals surface area contributed by atoms with Crippen LogP contribution in [0.25, 0.3) is 0 Å². The summed E-state index contributed by atoms with van der Waals surface area (Å²) < 4.78 is 37.0. The first-order valence-electron chi connectivity index (χ1n) is 7.82. The molecule has 1 N–H and O–H groups in total. The van der Waals surface area contributed by atoms with Gasteiger partial charge < -0.3 is 5.32 Å². The fourth-order valence-corrected chi connectivity index (χ4v) is 3.90. The van der Waals surface area contributed by atoms with Crippen molar-refractivity contribution in [3.05, 3.63) is 29.6 Å². The van der Waals surface area contributed by atoms with E-state index in [4.69, 9.17) is 0 Å². The molecule has 7 heteroatoms. The van der Waals surface area contributed by atoms with Crippen molar-refractivity contribution in [1.29, 1.82) is 0 Å². The zero-order valence-electron chi connectivity index (χ0n) is 13.3. The Morgan fingerprint density at radius 2 is 2.04 bits per heavy atom. The van der Waals surface area contributed by atoms with Crippen LogP contribution >= 0.6 is 0 Å². The van der Waals surface area contributed by atoms with Crippen LogP contribution in [0.4, 0.5) is 4.39 Å². The van der Waals surface area contributed by atoms with Crippen molar-refractivity contribution in [2.75, 3.05) is 12.8 Å². The van der Waals surface area contributed by atoms with Crippen molar-refractivity contribution >= 4 is 15.7 Å². The molecule has 1 aromatic rings. The van der Waals surface area contributed by atoms with Crippen LogP contribution < -0.4 is 5.32 Å². The van der Waals surface area contributed by atoms with Gasteiger partial charge in [-0.25, -0.2) is 12.8 Å². The highest BCUT2D eigenvalue weighted by molar-refractivity contribution is 7.90. The van der Waals surface area contributed by atoms with Crippen molar-refractivity contribution in [3.8, 4) is 0 Å². The van der Waals surface area contributed by atoms with Crippen molar-refractivity contribution in [2.24, 2.45) is 0 Å². The third-order valence-electron chi connectivity index (χ3n) is 4.58. The number of nitrogens with one attached hydrogen (secondary N) is 1. The van der Waals surface area contributed by atoms with Gasteiger partial charge in [0.05, 0.1) is 10.5 Å². The minimum atomic E-state index is -3.48. The van der Waals surface area contributed by atoms with E-state index in [2.05, 4.69) is 17.1 Å². The highest BCUT2D eigenvalue weighted by atomic mass is 32.2. The zero-order valence-corrected chi connectivity index (χ0v) is 14.1. The molecule has 0 unspecified atom stereocenters. The SMILES string of the molecule is C[C@@H]1C[C@@H](NC(=O)c2cc(S(C)(=O)=O)ccc2F)CN1C1CC1. The van der Waals surface area contributed by atoms with Gasteiger partial charge in [0.1, 0.15) is 5.82 Å². The van der Waals surface area contributed by atoms with Gasteiger partial charge in [0.15, 0.2) is 9.84 Å². The molecule has 2 aliphatic rings. The largest absolute Gasteiger partial charge is 0.348 e. The van der Waals surface area contributed by atoms with Crippen LogP contribution in [0.1, 0.15) is 36.5 Å². The third-order valence-corrected chi connectivity index (χ3v) is 5.69. The zero-order chi connectivity index (χ0) is 16.8. The molecule has 1 heterocycles.